The Balaban J connectivity index is 0.000000250. The second kappa shape index (κ2) is 3.54. The summed E-state index contributed by atoms with van der Waals surface area (Å²) in [5, 5.41) is 0. The second-order valence-electron chi connectivity index (χ2n) is 1.00. The number of rotatable bonds is 0. The number of hydrogen-bond donors (Lipinski definition) is 0. The van der Waals surface area contributed by atoms with Gasteiger partial charge in [-0.25, -0.2) is 12.2 Å². The molecule has 0 heterocycles. The van der Waals surface area contributed by atoms with Crippen molar-refractivity contribution in [2.75, 3.05) is 0 Å². The Morgan fingerprint density at radius 2 is 2.33 bits per heavy atom. The zero-order valence-corrected chi connectivity index (χ0v) is 5.32. The summed E-state index contributed by atoms with van der Waals surface area (Å²) in [6, 6.07) is 0. The van der Waals surface area contributed by atoms with Gasteiger partial charge in [0.05, 0.1) is 0 Å². The van der Waals surface area contributed by atoms with Crippen molar-refractivity contribution in [1.82, 2.24) is 0 Å². The molecule has 6 heavy (non-hydrogen) atoms. The SMILES string of the molecule is [C-]1=CC=CC1.[Sc]. The minimum absolute atomic E-state index is 0. The summed E-state index contributed by atoms with van der Waals surface area (Å²) in [5.74, 6) is 0. The molecule has 0 saturated carbocycles. The summed E-state index contributed by atoms with van der Waals surface area (Å²) in [7, 11) is 0. The van der Waals surface area contributed by atoms with Crippen molar-refractivity contribution in [1.29, 1.82) is 0 Å². The first-order chi connectivity index (χ1) is 2.50. The van der Waals surface area contributed by atoms with Gasteiger partial charge in [-0.05, 0) is 0 Å². The maximum Gasteiger partial charge on any atom is 0 e. The Labute approximate surface area is 56.7 Å². The summed E-state index contributed by atoms with van der Waals surface area (Å²) in [6.07, 6.45) is 10.0. The van der Waals surface area contributed by atoms with Crippen molar-refractivity contribution in [3.05, 3.63) is 24.3 Å². The van der Waals surface area contributed by atoms with Crippen molar-refractivity contribution in [2.45, 2.75) is 6.42 Å². The molecule has 0 aromatic rings. The third kappa shape index (κ3) is 1.71. The zero-order chi connectivity index (χ0) is 3.54. The Bertz CT molecular complexity index is 62.0. The quantitative estimate of drug-likeness (QED) is 0.412. The molecule has 0 saturated heterocycles. The van der Waals surface area contributed by atoms with Crippen LogP contribution in [0.5, 0.6) is 0 Å². The monoisotopic (exact) mass is 110 g/mol. The molecule has 0 fully saturated rings. The molecule has 1 rings (SSSR count). The van der Waals surface area contributed by atoms with Gasteiger partial charge in [-0.2, -0.15) is 6.08 Å². The molecule has 0 unspecified atom stereocenters. The molecule has 0 bridgehead atoms. The maximum absolute atomic E-state index is 2.99. The summed E-state index contributed by atoms with van der Waals surface area (Å²) in [6.45, 7) is 0. The van der Waals surface area contributed by atoms with Gasteiger partial charge in [0.15, 0.2) is 0 Å². The molecular weight excluding hydrogens is 105 g/mol. The molecule has 0 aromatic carbocycles. The van der Waals surface area contributed by atoms with Crippen LogP contribution in [0.2, 0.25) is 0 Å². The van der Waals surface area contributed by atoms with Crippen molar-refractivity contribution < 1.29 is 25.8 Å². The minimum atomic E-state index is 0. The predicted molar refractivity (Wildman–Crippen MR) is 21.6 cm³/mol. The molecule has 1 radical (unpaired) electrons. The molecule has 0 aromatic heterocycles. The minimum Gasteiger partial charge on any atom is -0.273 e. The maximum atomic E-state index is 2.99. The number of allylic oxidation sites excluding steroid dienone is 4. The van der Waals surface area contributed by atoms with Crippen LogP contribution in [-0.4, -0.2) is 0 Å². The van der Waals surface area contributed by atoms with Crippen molar-refractivity contribution in [3.63, 3.8) is 0 Å². The van der Waals surface area contributed by atoms with Crippen LogP contribution in [0, 0.1) is 6.08 Å². The fraction of sp³-hybridized carbons (Fsp3) is 0.200. The Kier molecular flexibility index (Phi) is 3.74. The standard InChI is InChI=1S/C5H5.Sc/c1-2-4-5-3-1;/h1-3H,4H2;/q-1;. The molecule has 29 valence electrons. The third-order valence-corrected chi connectivity index (χ3v) is 0.586. The normalized spacial score (nSPS) is 14.7. The predicted octanol–water partition coefficient (Wildman–Crippen LogP) is 1.30. The zero-order valence-electron chi connectivity index (χ0n) is 3.52. The molecule has 1 aliphatic rings. The first kappa shape index (κ1) is 6.35. The molecule has 0 spiro atoms. The van der Waals surface area contributed by atoms with E-state index in [4.69, 9.17) is 0 Å². The van der Waals surface area contributed by atoms with Crippen LogP contribution in [0.3, 0.4) is 0 Å². The molecule has 1 aliphatic carbocycles. The van der Waals surface area contributed by atoms with Crippen LogP contribution in [0.4, 0.5) is 0 Å². The van der Waals surface area contributed by atoms with Gasteiger partial charge in [0, 0.05) is 25.8 Å². The van der Waals surface area contributed by atoms with E-state index in [1.807, 2.05) is 12.2 Å². The van der Waals surface area contributed by atoms with Crippen LogP contribution >= 0.6 is 0 Å². The van der Waals surface area contributed by atoms with Gasteiger partial charge in [0.1, 0.15) is 0 Å². The third-order valence-electron chi connectivity index (χ3n) is 0.586. The van der Waals surface area contributed by atoms with Gasteiger partial charge < -0.3 is 0 Å². The molecule has 1 heteroatoms. The average Bonchev–Trinajstić information content (AvgIpc) is 1.76. The van der Waals surface area contributed by atoms with E-state index in [1.54, 1.807) is 0 Å². The molecule has 0 atom stereocenters. The van der Waals surface area contributed by atoms with E-state index >= 15 is 0 Å². The molecule has 0 N–H and O–H groups in total. The van der Waals surface area contributed by atoms with Gasteiger partial charge in [-0.3, -0.25) is 6.08 Å². The van der Waals surface area contributed by atoms with Crippen LogP contribution in [0.25, 0.3) is 0 Å². The molecule has 0 nitrogen and oxygen atoms in total. The fourth-order valence-corrected chi connectivity index (χ4v) is 0.340. The van der Waals surface area contributed by atoms with Crippen molar-refractivity contribution >= 4 is 0 Å². The van der Waals surface area contributed by atoms with Gasteiger partial charge in [-0.1, -0.05) is 0 Å². The topological polar surface area (TPSA) is 0 Å². The Hall–Kier alpha value is 0.350. The van der Waals surface area contributed by atoms with Crippen LogP contribution in [0.1, 0.15) is 6.42 Å². The van der Waals surface area contributed by atoms with E-state index in [-0.39, 0.29) is 25.8 Å². The van der Waals surface area contributed by atoms with Gasteiger partial charge >= 0.3 is 0 Å². The van der Waals surface area contributed by atoms with E-state index in [2.05, 4.69) is 12.2 Å². The van der Waals surface area contributed by atoms with Crippen molar-refractivity contribution in [2.24, 2.45) is 0 Å². The van der Waals surface area contributed by atoms with Crippen molar-refractivity contribution in [3.8, 4) is 0 Å². The average molecular weight is 110 g/mol. The fourth-order valence-electron chi connectivity index (χ4n) is 0.340. The second-order valence-corrected chi connectivity index (χ2v) is 1.00. The van der Waals surface area contributed by atoms with Gasteiger partial charge in [0.25, 0.3) is 0 Å². The summed E-state index contributed by atoms with van der Waals surface area (Å²) >= 11 is 0. The van der Waals surface area contributed by atoms with Gasteiger partial charge in [-0.15, -0.1) is 6.42 Å². The molecule has 0 aliphatic heterocycles. The Morgan fingerprint density at radius 3 is 2.50 bits per heavy atom. The first-order valence-electron chi connectivity index (χ1n) is 1.72. The van der Waals surface area contributed by atoms with Crippen LogP contribution in [-0.2, 0) is 25.8 Å². The Morgan fingerprint density at radius 1 is 1.50 bits per heavy atom. The summed E-state index contributed by atoms with van der Waals surface area (Å²) in [5.41, 5.74) is 0. The molecule has 0 amide bonds. The largest absolute Gasteiger partial charge is 0.273 e. The smallest absolute Gasteiger partial charge is 0 e. The summed E-state index contributed by atoms with van der Waals surface area (Å²) in [4.78, 5) is 0. The van der Waals surface area contributed by atoms with Crippen LogP contribution in [0.15, 0.2) is 18.2 Å². The first-order valence-corrected chi connectivity index (χ1v) is 1.72. The van der Waals surface area contributed by atoms with E-state index in [0.717, 1.165) is 6.42 Å². The van der Waals surface area contributed by atoms with E-state index in [0.29, 0.717) is 0 Å². The summed E-state index contributed by atoms with van der Waals surface area (Å²) < 4.78 is 0. The number of hydrogen-bond acceptors (Lipinski definition) is 0. The van der Waals surface area contributed by atoms with E-state index in [9.17, 15) is 0 Å². The van der Waals surface area contributed by atoms with Gasteiger partial charge in [0.2, 0.25) is 0 Å². The van der Waals surface area contributed by atoms with E-state index in [1.165, 1.54) is 0 Å². The molecular formula is C5H5Sc-. The van der Waals surface area contributed by atoms with E-state index < -0.39 is 0 Å². The van der Waals surface area contributed by atoms with Crippen LogP contribution < -0.4 is 0 Å².